The lowest BCUT2D eigenvalue weighted by molar-refractivity contribution is -0.125. The monoisotopic (exact) mass is 228 g/mol. The first-order chi connectivity index (χ1) is 7.83. The molecule has 1 amide bonds. The maximum atomic E-state index is 11.2. The number of likely N-dealkylation sites (tertiary alicyclic amines) is 1. The summed E-state index contributed by atoms with van der Waals surface area (Å²) in [6.07, 6.45) is 5.08. The topological polar surface area (TPSA) is 41.6 Å². The quantitative estimate of drug-likeness (QED) is 0.661. The van der Waals surface area contributed by atoms with Crippen molar-refractivity contribution in [2.24, 2.45) is 0 Å². The van der Waals surface area contributed by atoms with Crippen LogP contribution < -0.4 is 5.32 Å². The fourth-order valence-corrected chi connectivity index (χ4v) is 1.96. The summed E-state index contributed by atoms with van der Waals surface area (Å²) in [7, 11) is 0. The lowest BCUT2D eigenvalue weighted by atomic mass is 10.1. The molecule has 0 spiro atoms. The average molecular weight is 228 g/mol. The van der Waals surface area contributed by atoms with Gasteiger partial charge in [0.05, 0.1) is 0 Å². The highest BCUT2D eigenvalue weighted by atomic mass is 16.5. The van der Waals surface area contributed by atoms with Crippen molar-refractivity contribution in [3.8, 4) is 0 Å². The van der Waals surface area contributed by atoms with Gasteiger partial charge in [-0.2, -0.15) is 0 Å². The molecule has 4 nitrogen and oxygen atoms in total. The Balaban J connectivity index is 1.92. The second-order valence-electron chi connectivity index (χ2n) is 4.24. The number of ether oxygens (including phenoxy) is 1. The van der Waals surface area contributed by atoms with Gasteiger partial charge in [-0.1, -0.05) is 6.42 Å². The first-order valence-corrected chi connectivity index (χ1v) is 6.39. The van der Waals surface area contributed by atoms with E-state index >= 15 is 0 Å². The van der Waals surface area contributed by atoms with Crippen molar-refractivity contribution < 1.29 is 9.53 Å². The molecule has 0 aromatic carbocycles. The van der Waals surface area contributed by atoms with Crippen molar-refractivity contribution in [1.82, 2.24) is 10.2 Å². The second kappa shape index (κ2) is 8.53. The summed E-state index contributed by atoms with van der Waals surface area (Å²) in [5.41, 5.74) is 0. The number of nitrogens with one attached hydrogen (secondary N) is 1. The number of hydrogen-bond donors (Lipinski definition) is 1. The predicted octanol–water partition coefficient (Wildman–Crippen LogP) is 1.02. The molecule has 0 aromatic heterocycles. The number of nitrogens with zero attached hydrogens (tertiary/aromatic N) is 1. The van der Waals surface area contributed by atoms with Gasteiger partial charge in [-0.05, 0) is 45.8 Å². The third kappa shape index (κ3) is 6.08. The Morgan fingerprint density at radius 1 is 1.31 bits per heavy atom. The molecule has 16 heavy (non-hydrogen) atoms. The second-order valence-corrected chi connectivity index (χ2v) is 4.24. The van der Waals surface area contributed by atoms with Gasteiger partial charge in [-0.15, -0.1) is 0 Å². The van der Waals surface area contributed by atoms with Crippen molar-refractivity contribution in [3.63, 3.8) is 0 Å². The molecule has 4 heteroatoms. The maximum Gasteiger partial charge on any atom is 0.245 e. The van der Waals surface area contributed by atoms with Crippen LogP contribution in [-0.2, 0) is 9.53 Å². The van der Waals surface area contributed by atoms with Gasteiger partial charge in [-0.3, -0.25) is 4.79 Å². The van der Waals surface area contributed by atoms with Crippen LogP contribution in [0.4, 0.5) is 0 Å². The summed E-state index contributed by atoms with van der Waals surface area (Å²) in [6, 6.07) is 0. The van der Waals surface area contributed by atoms with E-state index in [0.717, 1.165) is 19.5 Å². The van der Waals surface area contributed by atoms with Gasteiger partial charge in [0.25, 0.3) is 0 Å². The van der Waals surface area contributed by atoms with E-state index < -0.39 is 0 Å². The van der Waals surface area contributed by atoms with Crippen LogP contribution in [0.25, 0.3) is 0 Å². The molecular formula is C12H24N2O2. The third-order valence-corrected chi connectivity index (χ3v) is 2.86. The van der Waals surface area contributed by atoms with Crippen LogP contribution in [0.5, 0.6) is 0 Å². The zero-order valence-corrected chi connectivity index (χ0v) is 10.3. The van der Waals surface area contributed by atoms with E-state index in [1.54, 1.807) is 0 Å². The van der Waals surface area contributed by atoms with Gasteiger partial charge in [-0.25, -0.2) is 0 Å². The van der Waals surface area contributed by atoms with Gasteiger partial charge in [0.1, 0.15) is 6.61 Å². The molecule has 1 rings (SSSR count). The van der Waals surface area contributed by atoms with E-state index in [4.69, 9.17) is 4.74 Å². The molecule has 1 heterocycles. The highest BCUT2D eigenvalue weighted by Crippen LogP contribution is 2.08. The Bertz CT molecular complexity index is 191. The third-order valence-electron chi connectivity index (χ3n) is 2.86. The number of rotatable bonds is 7. The number of hydrogen-bond acceptors (Lipinski definition) is 3. The molecule has 0 aliphatic carbocycles. The van der Waals surface area contributed by atoms with Gasteiger partial charge in [0.15, 0.2) is 0 Å². The van der Waals surface area contributed by atoms with E-state index in [9.17, 15) is 4.79 Å². The summed E-state index contributed by atoms with van der Waals surface area (Å²) >= 11 is 0. The Kier molecular flexibility index (Phi) is 7.17. The largest absolute Gasteiger partial charge is 0.372 e. The molecule has 0 saturated carbocycles. The Hall–Kier alpha value is -0.610. The van der Waals surface area contributed by atoms with Crippen LogP contribution in [0.3, 0.4) is 0 Å². The van der Waals surface area contributed by atoms with Crippen LogP contribution in [0.2, 0.25) is 0 Å². The summed E-state index contributed by atoms with van der Waals surface area (Å²) in [5.74, 6) is 0.000458. The van der Waals surface area contributed by atoms with Crippen molar-refractivity contribution in [2.45, 2.75) is 32.6 Å². The van der Waals surface area contributed by atoms with Gasteiger partial charge in [0.2, 0.25) is 5.91 Å². The van der Waals surface area contributed by atoms with Gasteiger partial charge in [0, 0.05) is 13.2 Å². The van der Waals surface area contributed by atoms with Gasteiger partial charge >= 0.3 is 0 Å². The lowest BCUT2D eigenvalue weighted by Crippen LogP contribution is -2.34. The minimum atomic E-state index is 0.000458. The molecule has 0 bridgehead atoms. The molecule has 94 valence electrons. The molecule has 0 aromatic rings. The summed E-state index contributed by atoms with van der Waals surface area (Å²) in [4.78, 5) is 13.7. The number of carbonyl (C=O) groups is 1. The lowest BCUT2D eigenvalue weighted by Gasteiger charge is -2.26. The molecular weight excluding hydrogens is 204 g/mol. The van der Waals surface area contributed by atoms with Crippen molar-refractivity contribution in [2.75, 3.05) is 39.4 Å². The first-order valence-electron chi connectivity index (χ1n) is 6.39. The molecule has 0 atom stereocenters. The van der Waals surface area contributed by atoms with Crippen LogP contribution >= 0.6 is 0 Å². The first kappa shape index (κ1) is 13.5. The minimum absolute atomic E-state index is 0.000458. The van der Waals surface area contributed by atoms with Crippen LogP contribution in [0.1, 0.15) is 32.6 Å². The maximum absolute atomic E-state index is 11.2. The zero-order chi connectivity index (χ0) is 11.6. The van der Waals surface area contributed by atoms with Gasteiger partial charge < -0.3 is 15.0 Å². The van der Waals surface area contributed by atoms with E-state index in [-0.39, 0.29) is 12.5 Å². The van der Waals surface area contributed by atoms with Crippen LogP contribution in [-0.4, -0.2) is 50.2 Å². The Labute approximate surface area is 98.3 Å². The molecule has 0 unspecified atom stereocenters. The summed E-state index contributed by atoms with van der Waals surface area (Å²) < 4.78 is 5.02. The Morgan fingerprint density at radius 2 is 2.06 bits per heavy atom. The van der Waals surface area contributed by atoms with E-state index in [1.807, 2.05) is 6.92 Å². The van der Waals surface area contributed by atoms with Crippen molar-refractivity contribution >= 4 is 5.91 Å². The highest BCUT2D eigenvalue weighted by molar-refractivity contribution is 5.77. The smallest absolute Gasteiger partial charge is 0.245 e. The number of carbonyl (C=O) groups excluding carboxylic acids is 1. The standard InChI is InChI=1S/C12H24N2O2/c1-2-16-11-12(15)13-7-6-10-14-8-4-3-5-9-14/h2-11H2,1H3,(H,13,15). The SMILES string of the molecule is CCOCC(=O)NCCCN1CCCCC1. The minimum Gasteiger partial charge on any atom is -0.372 e. The summed E-state index contributed by atoms with van der Waals surface area (Å²) in [5, 5.41) is 2.87. The molecule has 1 N–H and O–H groups in total. The molecule has 1 fully saturated rings. The fraction of sp³-hybridized carbons (Fsp3) is 0.917. The number of piperidine rings is 1. The van der Waals surface area contributed by atoms with Crippen molar-refractivity contribution in [3.05, 3.63) is 0 Å². The van der Waals surface area contributed by atoms with E-state index in [1.165, 1.54) is 32.4 Å². The zero-order valence-electron chi connectivity index (χ0n) is 10.3. The predicted molar refractivity (Wildman–Crippen MR) is 64.4 cm³/mol. The molecule has 1 saturated heterocycles. The van der Waals surface area contributed by atoms with E-state index in [0.29, 0.717) is 6.61 Å². The molecule has 1 aliphatic heterocycles. The highest BCUT2D eigenvalue weighted by Gasteiger charge is 2.09. The molecule has 0 radical (unpaired) electrons. The van der Waals surface area contributed by atoms with Crippen LogP contribution in [0, 0.1) is 0 Å². The normalized spacial score (nSPS) is 17.3. The summed E-state index contributed by atoms with van der Waals surface area (Å²) in [6.45, 7) is 7.02. The molecule has 1 aliphatic rings. The van der Waals surface area contributed by atoms with E-state index in [2.05, 4.69) is 10.2 Å². The Morgan fingerprint density at radius 3 is 2.75 bits per heavy atom. The average Bonchev–Trinajstić information content (AvgIpc) is 2.33. The van der Waals surface area contributed by atoms with Crippen molar-refractivity contribution in [1.29, 1.82) is 0 Å². The van der Waals surface area contributed by atoms with Crippen LogP contribution in [0.15, 0.2) is 0 Å². The fourth-order valence-electron chi connectivity index (χ4n) is 1.96. The number of amides is 1.